The van der Waals surface area contributed by atoms with Crippen LogP contribution < -0.4 is 9.47 Å². The molecule has 1 aromatic heterocycles. The van der Waals surface area contributed by atoms with E-state index in [4.69, 9.17) is 14.6 Å². The molecule has 0 spiro atoms. The van der Waals surface area contributed by atoms with Crippen molar-refractivity contribution in [3.05, 3.63) is 40.1 Å². The first-order chi connectivity index (χ1) is 9.54. The maximum absolute atomic E-state index is 11.1. The summed E-state index contributed by atoms with van der Waals surface area (Å²) in [6.07, 6.45) is 0. The lowest BCUT2D eigenvalue weighted by molar-refractivity contribution is 0.0684. The first-order valence-electron chi connectivity index (χ1n) is 5.75. The summed E-state index contributed by atoms with van der Waals surface area (Å²) in [7, 11) is 3.13. The van der Waals surface area contributed by atoms with Crippen LogP contribution in [0.5, 0.6) is 11.5 Å². The second-order valence-electron chi connectivity index (χ2n) is 3.98. The summed E-state index contributed by atoms with van der Waals surface area (Å²) in [4.78, 5) is 11.1. The van der Waals surface area contributed by atoms with Crippen LogP contribution in [-0.4, -0.2) is 28.0 Å². The van der Waals surface area contributed by atoms with E-state index < -0.39 is 5.97 Å². The second kappa shape index (κ2) is 5.96. The number of hydrogen-bond acceptors (Lipinski definition) is 4. The molecule has 2 rings (SSSR count). The summed E-state index contributed by atoms with van der Waals surface area (Å²) in [5.41, 5.74) is 0.597. The van der Waals surface area contributed by atoms with Crippen LogP contribution in [0.25, 0.3) is 0 Å². The summed E-state index contributed by atoms with van der Waals surface area (Å²) in [5, 5.41) is 13.2. The molecular weight excluding hydrogens is 328 g/mol. The molecule has 0 unspecified atom stereocenters. The van der Waals surface area contributed by atoms with E-state index in [0.717, 1.165) is 0 Å². The standard InChI is InChI=1S/C13H13BrN2O4/c1-16-12(13(17)18)11(14)8(15-16)7-20-10-6-4-3-5-9(10)19-2/h3-6H,7H2,1-2H3,(H,17,18). The molecule has 0 aliphatic carbocycles. The number of aromatic nitrogens is 2. The molecule has 0 aliphatic rings. The highest BCUT2D eigenvalue weighted by Crippen LogP contribution is 2.28. The number of aromatic carboxylic acids is 1. The largest absolute Gasteiger partial charge is 0.493 e. The Morgan fingerprint density at radius 2 is 2.05 bits per heavy atom. The van der Waals surface area contributed by atoms with Crippen molar-refractivity contribution in [2.45, 2.75) is 6.61 Å². The van der Waals surface area contributed by atoms with Crippen molar-refractivity contribution >= 4 is 21.9 Å². The zero-order valence-electron chi connectivity index (χ0n) is 11.0. The molecule has 0 saturated carbocycles. The fourth-order valence-electron chi connectivity index (χ4n) is 1.76. The van der Waals surface area contributed by atoms with Crippen molar-refractivity contribution in [2.24, 2.45) is 7.05 Å². The molecule has 1 aromatic carbocycles. The van der Waals surface area contributed by atoms with E-state index in [1.807, 2.05) is 12.1 Å². The second-order valence-corrected chi connectivity index (χ2v) is 4.77. The van der Waals surface area contributed by atoms with E-state index in [9.17, 15) is 4.79 Å². The first-order valence-corrected chi connectivity index (χ1v) is 6.54. The van der Waals surface area contributed by atoms with Gasteiger partial charge in [-0.3, -0.25) is 4.68 Å². The fraction of sp³-hybridized carbons (Fsp3) is 0.231. The highest BCUT2D eigenvalue weighted by molar-refractivity contribution is 9.10. The van der Waals surface area contributed by atoms with Crippen molar-refractivity contribution < 1.29 is 19.4 Å². The van der Waals surface area contributed by atoms with Crippen LogP contribution in [0.15, 0.2) is 28.7 Å². The molecule has 106 valence electrons. The zero-order valence-corrected chi connectivity index (χ0v) is 12.5. The number of carbonyl (C=O) groups is 1. The number of benzene rings is 1. The van der Waals surface area contributed by atoms with Crippen LogP contribution in [0.1, 0.15) is 16.2 Å². The predicted molar refractivity (Wildman–Crippen MR) is 75.2 cm³/mol. The summed E-state index contributed by atoms with van der Waals surface area (Å²) < 4.78 is 12.5. The van der Waals surface area contributed by atoms with Gasteiger partial charge in [0.15, 0.2) is 17.2 Å². The number of nitrogens with zero attached hydrogens (tertiary/aromatic N) is 2. The van der Waals surface area contributed by atoms with E-state index in [2.05, 4.69) is 21.0 Å². The molecule has 1 N–H and O–H groups in total. The quantitative estimate of drug-likeness (QED) is 0.904. The molecule has 1 heterocycles. The van der Waals surface area contributed by atoms with E-state index in [0.29, 0.717) is 21.7 Å². The zero-order chi connectivity index (χ0) is 14.7. The number of carboxylic acids is 1. The molecule has 20 heavy (non-hydrogen) atoms. The highest BCUT2D eigenvalue weighted by atomic mass is 79.9. The van der Waals surface area contributed by atoms with Crippen molar-refractivity contribution in [1.82, 2.24) is 9.78 Å². The maximum atomic E-state index is 11.1. The fourth-order valence-corrected chi connectivity index (χ4v) is 2.38. The molecule has 0 aliphatic heterocycles. The van der Waals surface area contributed by atoms with Crippen LogP contribution in [0.4, 0.5) is 0 Å². The Hall–Kier alpha value is -2.02. The van der Waals surface area contributed by atoms with Gasteiger partial charge in [0.2, 0.25) is 0 Å². The number of hydrogen-bond donors (Lipinski definition) is 1. The predicted octanol–water partition coefficient (Wildman–Crippen LogP) is 2.47. The molecule has 0 bridgehead atoms. The van der Waals surface area contributed by atoms with Gasteiger partial charge in [-0.05, 0) is 28.1 Å². The third kappa shape index (κ3) is 2.77. The van der Waals surface area contributed by atoms with Gasteiger partial charge >= 0.3 is 5.97 Å². The average Bonchev–Trinajstić information content (AvgIpc) is 2.71. The number of aryl methyl sites for hydroxylation is 1. The van der Waals surface area contributed by atoms with E-state index in [1.165, 1.54) is 4.68 Å². The van der Waals surface area contributed by atoms with E-state index in [-0.39, 0.29) is 12.3 Å². The molecule has 7 heteroatoms. The normalized spacial score (nSPS) is 10.3. The van der Waals surface area contributed by atoms with Crippen LogP contribution in [-0.2, 0) is 13.7 Å². The summed E-state index contributed by atoms with van der Waals surface area (Å²) in [5.74, 6) is 0.137. The van der Waals surface area contributed by atoms with Crippen LogP contribution in [0, 0.1) is 0 Å². The molecule has 0 fully saturated rings. The van der Waals surface area contributed by atoms with Gasteiger partial charge < -0.3 is 14.6 Å². The van der Waals surface area contributed by atoms with Gasteiger partial charge in [-0.25, -0.2) is 4.79 Å². The van der Waals surface area contributed by atoms with E-state index in [1.54, 1.807) is 26.3 Å². The van der Waals surface area contributed by atoms with Crippen molar-refractivity contribution in [3.8, 4) is 11.5 Å². The monoisotopic (exact) mass is 340 g/mol. The lowest BCUT2D eigenvalue weighted by Crippen LogP contribution is -2.05. The van der Waals surface area contributed by atoms with Gasteiger partial charge in [-0.2, -0.15) is 5.10 Å². The summed E-state index contributed by atoms with van der Waals surface area (Å²) in [6, 6.07) is 7.22. The Kier molecular flexibility index (Phi) is 4.29. The van der Waals surface area contributed by atoms with Gasteiger partial charge in [-0.1, -0.05) is 12.1 Å². The Morgan fingerprint density at radius 1 is 1.40 bits per heavy atom. The smallest absolute Gasteiger partial charge is 0.355 e. The number of methoxy groups -OCH3 is 1. The average molecular weight is 341 g/mol. The van der Waals surface area contributed by atoms with Crippen LogP contribution in [0.3, 0.4) is 0 Å². The third-order valence-electron chi connectivity index (χ3n) is 2.69. The molecule has 0 amide bonds. The maximum Gasteiger partial charge on any atom is 0.355 e. The SMILES string of the molecule is COc1ccccc1OCc1nn(C)c(C(=O)O)c1Br. The number of rotatable bonds is 5. The lowest BCUT2D eigenvalue weighted by Gasteiger charge is -2.09. The minimum Gasteiger partial charge on any atom is -0.493 e. The Balaban J connectivity index is 2.19. The number of ether oxygens (including phenoxy) is 2. The van der Waals surface area contributed by atoms with Gasteiger partial charge in [0.05, 0.1) is 11.6 Å². The minimum atomic E-state index is -1.05. The van der Waals surface area contributed by atoms with Gasteiger partial charge in [0.25, 0.3) is 0 Å². The van der Waals surface area contributed by atoms with E-state index >= 15 is 0 Å². The van der Waals surface area contributed by atoms with Crippen LogP contribution >= 0.6 is 15.9 Å². The third-order valence-corrected chi connectivity index (χ3v) is 3.52. The molecule has 6 nitrogen and oxygen atoms in total. The number of carboxylic acid groups (broad SMARTS) is 1. The van der Waals surface area contributed by atoms with Gasteiger partial charge in [0, 0.05) is 7.05 Å². The Morgan fingerprint density at radius 3 is 2.60 bits per heavy atom. The highest BCUT2D eigenvalue weighted by Gasteiger charge is 2.20. The molecule has 0 saturated heterocycles. The Bertz CT molecular complexity index is 639. The van der Waals surface area contributed by atoms with Gasteiger partial charge in [-0.15, -0.1) is 0 Å². The minimum absolute atomic E-state index is 0.0867. The number of para-hydroxylation sites is 2. The Labute approximate surface area is 124 Å². The topological polar surface area (TPSA) is 73.6 Å². The van der Waals surface area contributed by atoms with Crippen LogP contribution in [0.2, 0.25) is 0 Å². The van der Waals surface area contributed by atoms with Crippen molar-refractivity contribution in [3.63, 3.8) is 0 Å². The first kappa shape index (κ1) is 14.4. The number of halogens is 1. The summed E-state index contributed by atoms with van der Waals surface area (Å²) in [6.45, 7) is 0.141. The summed E-state index contributed by atoms with van der Waals surface area (Å²) >= 11 is 3.24. The molecule has 0 radical (unpaired) electrons. The van der Waals surface area contributed by atoms with Crippen molar-refractivity contribution in [1.29, 1.82) is 0 Å². The van der Waals surface area contributed by atoms with Gasteiger partial charge in [0.1, 0.15) is 12.3 Å². The molecule has 2 aromatic rings. The lowest BCUT2D eigenvalue weighted by atomic mass is 10.3. The molecule has 0 atom stereocenters. The van der Waals surface area contributed by atoms with Crippen molar-refractivity contribution in [2.75, 3.05) is 7.11 Å². The molecular formula is C13H13BrN2O4.